The number of fused-ring (bicyclic) bond motifs is 3. The van der Waals surface area contributed by atoms with E-state index in [0.29, 0.717) is 26.2 Å². The van der Waals surface area contributed by atoms with Crippen molar-refractivity contribution in [2.24, 2.45) is 28.3 Å². The van der Waals surface area contributed by atoms with Gasteiger partial charge in [-0.15, -0.1) is 12.4 Å². The van der Waals surface area contributed by atoms with Crippen LogP contribution in [0.25, 0.3) is 5.76 Å². The summed E-state index contributed by atoms with van der Waals surface area (Å²) in [5.74, 6) is -7.99. The van der Waals surface area contributed by atoms with Crippen molar-refractivity contribution in [2.75, 3.05) is 46.9 Å². The number of benzene rings is 1. The third-order valence-corrected chi connectivity index (χ3v) is 9.37. The molecule has 3 aliphatic carbocycles. The van der Waals surface area contributed by atoms with E-state index >= 15 is 0 Å². The molecule has 0 aromatic heterocycles. The predicted molar refractivity (Wildman–Crippen MR) is 168 cm³/mol. The number of likely N-dealkylation sites (N-methyl/N-ethyl adjacent to an activating group) is 1. The molecule has 11 N–H and O–H groups in total. The van der Waals surface area contributed by atoms with Gasteiger partial charge < -0.3 is 47.2 Å². The maximum Gasteiger partial charge on any atom is 0.259 e. The molecule has 1 aromatic carbocycles. The first kappa shape index (κ1) is 34.6. The number of halogens is 1. The SMILES string of the molecule is CN(C)C1C(=O)C(C(=O)NCN2CCN(C(=N)N=C(N)N)CC2)=C(O)C2(O)C(=O)C3=C(O)c4c(O)cccc4C(C)(O)C3CC12.Cl. The molecule has 16 nitrogen and oxygen atoms in total. The maximum absolute atomic E-state index is 14.2. The molecular weight excluding hydrogens is 624 g/mol. The molecule has 1 heterocycles. The number of nitrogens with two attached hydrogens (primary N) is 2. The fraction of sp³-hybridized carbons (Fsp3) is 0.483. The van der Waals surface area contributed by atoms with Crippen LogP contribution in [-0.2, 0) is 20.0 Å². The molecule has 46 heavy (non-hydrogen) atoms. The van der Waals surface area contributed by atoms with Gasteiger partial charge in [0.1, 0.15) is 22.8 Å². The van der Waals surface area contributed by atoms with E-state index in [0.717, 1.165) is 0 Å². The number of phenols is 1. The summed E-state index contributed by atoms with van der Waals surface area (Å²) in [5.41, 5.74) is 4.82. The second-order valence-corrected chi connectivity index (χ2v) is 12.2. The lowest BCUT2D eigenvalue weighted by molar-refractivity contribution is -0.159. The zero-order chi connectivity index (χ0) is 33.2. The number of ketones is 2. The van der Waals surface area contributed by atoms with Crippen molar-refractivity contribution in [3.8, 4) is 5.75 Å². The van der Waals surface area contributed by atoms with E-state index in [1.165, 1.54) is 44.1 Å². The average molecular weight is 663 g/mol. The van der Waals surface area contributed by atoms with E-state index in [-0.39, 0.29) is 48.5 Å². The number of piperazine rings is 1. The standard InChI is InChI=1S/C29H38N8O8.ClH/c1-28(44)13-5-4-6-16(38)17(13)21(39)18-14(28)11-15-20(35(2)3)22(40)19(24(42)29(15,45)23(18)41)25(43)33-12-36-7-9-37(10-8-36)27(32)34-26(30)31;/h4-6,14-15,20,38-39,42,44-45H,7-12H2,1-3H3,(H,33,43)(H5,30,31,32,34);1H. The number of aromatic hydroxyl groups is 1. The summed E-state index contributed by atoms with van der Waals surface area (Å²) >= 11 is 0. The topological polar surface area (TPSA) is 262 Å². The van der Waals surface area contributed by atoms with Crippen molar-refractivity contribution >= 4 is 47.6 Å². The van der Waals surface area contributed by atoms with Gasteiger partial charge in [-0.25, -0.2) is 0 Å². The van der Waals surface area contributed by atoms with Gasteiger partial charge in [-0.2, -0.15) is 4.99 Å². The molecule has 5 atom stereocenters. The number of rotatable bonds is 4. The van der Waals surface area contributed by atoms with Crippen molar-refractivity contribution in [2.45, 2.75) is 30.6 Å². The van der Waals surface area contributed by atoms with Gasteiger partial charge in [-0.05, 0) is 39.1 Å². The lowest BCUT2D eigenvalue weighted by atomic mass is 9.54. The van der Waals surface area contributed by atoms with Gasteiger partial charge in [-0.3, -0.25) is 29.6 Å². The Bertz CT molecular complexity index is 1580. The van der Waals surface area contributed by atoms with Crippen molar-refractivity contribution in [1.29, 1.82) is 5.41 Å². The van der Waals surface area contributed by atoms with Crippen LogP contribution in [0.4, 0.5) is 0 Å². The highest BCUT2D eigenvalue weighted by molar-refractivity contribution is 6.25. The van der Waals surface area contributed by atoms with E-state index in [1.54, 1.807) is 4.90 Å². The second-order valence-electron chi connectivity index (χ2n) is 12.2. The number of aliphatic hydroxyl groups excluding tert-OH is 2. The van der Waals surface area contributed by atoms with E-state index < -0.39 is 75.0 Å². The van der Waals surface area contributed by atoms with E-state index in [1.807, 2.05) is 4.90 Å². The first-order valence-corrected chi connectivity index (χ1v) is 14.4. The van der Waals surface area contributed by atoms with Gasteiger partial charge in [0.05, 0.1) is 23.9 Å². The molecule has 1 saturated heterocycles. The fourth-order valence-electron chi connectivity index (χ4n) is 7.07. The Morgan fingerprint density at radius 1 is 1.13 bits per heavy atom. The van der Waals surface area contributed by atoms with Crippen LogP contribution < -0.4 is 16.8 Å². The van der Waals surface area contributed by atoms with Crippen molar-refractivity contribution in [1.82, 2.24) is 20.0 Å². The minimum atomic E-state index is -2.80. The predicted octanol–water partition coefficient (Wildman–Crippen LogP) is -1.54. The van der Waals surface area contributed by atoms with Crippen LogP contribution in [0, 0.1) is 17.2 Å². The molecule has 0 bridgehead atoms. The van der Waals surface area contributed by atoms with Crippen molar-refractivity contribution in [3.05, 3.63) is 46.2 Å². The van der Waals surface area contributed by atoms with Gasteiger partial charge in [0.2, 0.25) is 11.7 Å². The Balaban J connectivity index is 0.00000480. The number of aliphatic hydroxyl groups is 4. The molecule has 0 radical (unpaired) electrons. The van der Waals surface area contributed by atoms with E-state index in [4.69, 9.17) is 16.9 Å². The van der Waals surface area contributed by atoms with Gasteiger partial charge in [0.25, 0.3) is 5.91 Å². The normalized spacial score (nSPS) is 29.4. The molecule has 1 saturated carbocycles. The number of nitrogens with zero attached hydrogens (tertiary/aromatic N) is 4. The van der Waals surface area contributed by atoms with Crippen LogP contribution in [-0.4, -0.2) is 128 Å². The summed E-state index contributed by atoms with van der Waals surface area (Å²) in [5, 5.41) is 67.4. The second kappa shape index (κ2) is 12.2. The summed E-state index contributed by atoms with van der Waals surface area (Å²) < 4.78 is 0. The number of Topliss-reactive ketones (excluding diaryl/α,β-unsaturated/α-hetero) is 2. The lowest BCUT2D eigenvalue weighted by Crippen LogP contribution is -2.67. The zero-order valence-corrected chi connectivity index (χ0v) is 26.3. The largest absolute Gasteiger partial charge is 0.508 e. The number of aliphatic imine (C=N–C) groups is 1. The molecule has 1 aromatic rings. The lowest BCUT2D eigenvalue weighted by Gasteiger charge is -2.53. The van der Waals surface area contributed by atoms with Crippen LogP contribution in [0.3, 0.4) is 0 Å². The molecule has 0 spiro atoms. The number of carbonyl (C=O) groups is 3. The van der Waals surface area contributed by atoms with E-state index in [2.05, 4.69) is 10.3 Å². The number of nitrogens with one attached hydrogen (secondary N) is 2. The van der Waals surface area contributed by atoms with Crippen molar-refractivity contribution < 1.29 is 39.9 Å². The minimum Gasteiger partial charge on any atom is -0.508 e. The summed E-state index contributed by atoms with van der Waals surface area (Å²) in [6.07, 6.45) is -0.226. The van der Waals surface area contributed by atoms with Crippen LogP contribution in [0.1, 0.15) is 24.5 Å². The fourth-order valence-corrected chi connectivity index (χ4v) is 7.07. The summed E-state index contributed by atoms with van der Waals surface area (Å²) in [4.78, 5) is 50.1. The molecule has 4 aliphatic rings. The average Bonchev–Trinajstić information content (AvgIpc) is 2.96. The van der Waals surface area contributed by atoms with Gasteiger partial charge in [0, 0.05) is 43.6 Å². The molecule has 1 amide bonds. The maximum atomic E-state index is 14.2. The first-order valence-electron chi connectivity index (χ1n) is 14.4. The van der Waals surface area contributed by atoms with Crippen molar-refractivity contribution in [3.63, 3.8) is 0 Å². The van der Waals surface area contributed by atoms with Crippen LogP contribution in [0.15, 0.2) is 40.1 Å². The summed E-state index contributed by atoms with van der Waals surface area (Å²) in [6, 6.07) is 2.99. The number of amides is 1. The Labute approximate surface area is 270 Å². The highest BCUT2D eigenvalue weighted by Gasteiger charge is 2.66. The van der Waals surface area contributed by atoms with Crippen LogP contribution >= 0.6 is 12.4 Å². The van der Waals surface area contributed by atoms with Gasteiger partial charge in [0.15, 0.2) is 17.3 Å². The van der Waals surface area contributed by atoms with Crippen LogP contribution in [0.2, 0.25) is 0 Å². The first-order chi connectivity index (χ1) is 21.0. The molecule has 5 rings (SSSR count). The Kier molecular flexibility index (Phi) is 9.18. The summed E-state index contributed by atoms with van der Waals surface area (Å²) in [6.45, 7) is 2.90. The number of hydrogen-bond donors (Lipinski definition) is 9. The van der Waals surface area contributed by atoms with Gasteiger partial charge in [-0.1, -0.05) is 12.1 Å². The molecule has 250 valence electrons. The smallest absolute Gasteiger partial charge is 0.259 e. The molecule has 5 unspecified atom stereocenters. The molecular formula is C29H39ClN8O8. The number of carbonyl (C=O) groups excluding carboxylic acids is 3. The highest BCUT2D eigenvalue weighted by Crippen LogP contribution is 2.57. The van der Waals surface area contributed by atoms with E-state index in [9.17, 15) is 39.9 Å². The Hall–Kier alpha value is -4.22. The van der Waals surface area contributed by atoms with Crippen LogP contribution in [0.5, 0.6) is 5.75 Å². The number of phenolic OH excluding ortho intramolecular Hbond substituents is 1. The molecule has 2 fully saturated rings. The third-order valence-electron chi connectivity index (χ3n) is 9.37. The summed E-state index contributed by atoms with van der Waals surface area (Å²) in [7, 11) is 3.06. The molecule has 1 aliphatic heterocycles. The third kappa shape index (κ3) is 5.25. The monoisotopic (exact) mass is 662 g/mol. The highest BCUT2D eigenvalue weighted by atomic mass is 35.5. The van der Waals surface area contributed by atoms with Gasteiger partial charge >= 0.3 is 0 Å². The molecule has 17 heteroatoms. The number of guanidine groups is 2. The number of hydrogen-bond acceptors (Lipinski definition) is 11. The minimum absolute atomic E-state index is 0. The Morgan fingerprint density at radius 2 is 1.76 bits per heavy atom. The Morgan fingerprint density at radius 3 is 2.35 bits per heavy atom. The zero-order valence-electron chi connectivity index (χ0n) is 25.5. The quantitative estimate of drug-likeness (QED) is 0.101.